The minimum absolute atomic E-state index is 0.101. The maximum atomic E-state index is 11.8. The average molecular weight is 370 g/mol. The summed E-state index contributed by atoms with van der Waals surface area (Å²) in [6.45, 7) is 6.91. The van der Waals surface area contributed by atoms with Crippen molar-refractivity contribution in [3.8, 4) is 17.2 Å². The molecule has 6 nitrogen and oxygen atoms in total. The molecule has 2 aromatic rings. The highest BCUT2D eigenvalue weighted by atomic mass is 16.5. The lowest BCUT2D eigenvalue weighted by molar-refractivity contribution is -0.123. The van der Waals surface area contributed by atoms with Crippen LogP contribution in [0, 0.1) is 0 Å². The summed E-state index contributed by atoms with van der Waals surface area (Å²) in [6.07, 6.45) is 2.51. The number of carbonyl (C=O) groups is 1. The monoisotopic (exact) mass is 370 g/mol. The molecule has 2 aromatic carbocycles. The van der Waals surface area contributed by atoms with Crippen LogP contribution in [0.2, 0.25) is 0 Å². The smallest absolute Gasteiger partial charge is 0.277 e. The molecule has 0 spiro atoms. The van der Waals surface area contributed by atoms with Crippen molar-refractivity contribution in [1.82, 2.24) is 5.43 Å². The third-order valence-corrected chi connectivity index (χ3v) is 3.67. The molecule has 0 saturated carbocycles. The first-order valence-corrected chi connectivity index (χ1v) is 9.09. The standard InChI is InChI=1S/C21H26N2O4/c1-4-16-7-10-18(11-8-16)27-15-21(24)23-22-14-17-9-12-19(25-5-2)20(13-17)26-6-3/h7-14H,4-6,15H2,1-3H3,(H,23,24)/b22-14+. The van der Waals surface area contributed by atoms with Crippen LogP contribution < -0.4 is 19.6 Å². The van der Waals surface area contributed by atoms with Gasteiger partial charge in [0.1, 0.15) is 5.75 Å². The quantitative estimate of drug-likeness (QED) is 0.513. The van der Waals surface area contributed by atoms with E-state index in [9.17, 15) is 4.79 Å². The van der Waals surface area contributed by atoms with E-state index < -0.39 is 0 Å². The summed E-state index contributed by atoms with van der Waals surface area (Å²) >= 11 is 0. The number of rotatable bonds is 10. The van der Waals surface area contributed by atoms with Gasteiger partial charge in [-0.15, -0.1) is 0 Å². The molecule has 0 aliphatic heterocycles. The fourth-order valence-corrected chi connectivity index (χ4v) is 2.33. The summed E-state index contributed by atoms with van der Waals surface area (Å²) in [6, 6.07) is 13.1. The number of ether oxygens (including phenoxy) is 3. The summed E-state index contributed by atoms with van der Waals surface area (Å²) in [4.78, 5) is 11.8. The van der Waals surface area contributed by atoms with E-state index in [1.54, 1.807) is 6.21 Å². The predicted molar refractivity (Wildman–Crippen MR) is 106 cm³/mol. The Kier molecular flexibility index (Phi) is 8.16. The zero-order valence-corrected chi connectivity index (χ0v) is 16.0. The first-order chi connectivity index (χ1) is 13.2. The van der Waals surface area contributed by atoms with Crippen molar-refractivity contribution >= 4 is 12.1 Å². The van der Waals surface area contributed by atoms with Crippen LogP contribution in [-0.4, -0.2) is 31.9 Å². The van der Waals surface area contributed by atoms with Gasteiger partial charge in [0, 0.05) is 0 Å². The van der Waals surface area contributed by atoms with Crippen LogP contribution in [0.25, 0.3) is 0 Å². The molecule has 0 aromatic heterocycles. The molecule has 6 heteroatoms. The summed E-state index contributed by atoms with van der Waals surface area (Å²) < 4.78 is 16.5. The van der Waals surface area contributed by atoms with E-state index >= 15 is 0 Å². The zero-order valence-electron chi connectivity index (χ0n) is 16.0. The minimum atomic E-state index is -0.332. The number of amides is 1. The van der Waals surface area contributed by atoms with Gasteiger partial charge in [-0.25, -0.2) is 5.43 Å². The molecule has 0 bridgehead atoms. The second-order valence-corrected chi connectivity index (χ2v) is 5.65. The number of aryl methyl sites for hydroxylation is 1. The Labute approximate surface area is 160 Å². The van der Waals surface area contributed by atoms with Gasteiger partial charge in [0.25, 0.3) is 5.91 Å². The lowest BCUT2D eigenvalue weighted by Crippen LogP contribution is -2.24. The molecule has 0 radical (unpaired) electrons. The summed E-state index contributed by atoms with van der Waals surface area (Å²) in [7, 11) is 0. The molecule has 0 fully saturated rings. The third kappa shape index (κ3) is 6.66. The number of hydrazone groups is 1. The van der Waals surface area contributed by atoms with Crippen LogP contribution in [0.1, 0.15) is 31.9 Å². The lowest BCUT2D eigenvalue weighted by Gasteiger charge is -2.11. The predicted octanol–water partition coefficient (Wildman–Crippen LogP) is 3.58. The second-order valence-electron chi connectivity index (χ2n) is 5.65. The van der Waals surface area contributed by atoms with Crippen LogP contribution in [-0.2, 0) is 11.2 Å². The Morgan fingerprint density at radius 3 is 2.33 bits per heavy atom. The Morgan fingerprint density at radius 1 is 0.963 bits per heavy atom. The minimum Gasteiger partial charge on any atom is -0.490 e. The van der Waals surface area contributed by atoms with Gasteiger partial charge in [-0.1, -0.05) is 19.1 Å². The molecule has 0 heterocycles. The number of benzene rings is 2. The van der Waals surface area contributed by atoms with E-state index in [0.717, 1.165) is 12.0 Å². The second kappa shape index (κ2) is 10.9. The van der Waals surface area contributed by atoms with Gasteiger partial charge in [0.15, 0.2) is 18.1 Å². The van der Waals surface area contributed by atoms with E-state index in [0.29, 0.717) is 30.5 Å². The molecule has 0 atom stereocenters. The summed E-state index contributed by atoms with van der Waals surface area (Å²) in [5.41, 5.74) is 4.46. The van der Waals surface area contributed by atoms with Crippen molar-refractivity contribution in [2.24, 2.45) is 5.10 Å². The van der Waals surface area contributed by atoms with Crippen molar-refractivity contribution in [1.29, 1.82) is 0 Å². The molecule has 0 saturated heterocycles. The highest BCUT2D eigenvalue weighted by Gasteiger charge is 2.05. The van der Waals surface area contributed by atoms with Crippen molar-refractivity contribution in [2.45, 2.75) is 27.2 Å². The van der Waals surface area contributed by atoms with E-state index in [-0.39, 0.29) is 12.5 Å². The van der Waals surface area contributed by atoms with Crippen LogP contribution in [0.15, 0.2) is 47.6 Å². The van der Waals surface area contributed by atoms with Gasteiger partial charge in [0.05, 0.1) is 19.4 Å². The van der Waals surface area contributed by atoms with E-state index in [4.69, 9.17) is 14.2 Å². The molecule has 1 N–H and O–H groups in total. The van der Waals surface area contributed by atoms with Crippen molar-refractivity contribution in [3.63, 3.8) is 0 Å². The molecule has 0 aliphatic carbocycles. The van der Waals surface area contributed by atoms with Crippen LogP contribution in [0.3, 0.4) is 0 Å². The number of hydrogen-bond donors (Lipinski definition) is 1. The number of nitrogens with zero attached hydrogens (tertiary/aromatic N) is 1. The first kappa shape index (κ1) is 20.3. The number of nitrogens with one attached hydrogen (secondary N) is 1. The van der Waals surface area contributed by atoms with Crippen LogP contribution in [0.4, 0.5) is 0 Å². The van der Waals surface area contributed by atoms with Gasteiger partial charge in [-0.3, -0.25) is 4.79 Å². The molecule has 1 amide bonds. The summed E-state index contributed by atoms with van der Waals surface area (Å²) in [5, 5.41) is 3.96. The Morgan fingerprint density at radius 2 is 1.67 bits per heavy atom. The van der Waals surface area contributed by atoms with Gasteiger partial charge < -0.3 is 14.2 Å². The van der Waals surface area contributed by atoms with E-state index in [2.05, 4.69) is 17.5 Å². The Bertz CT molecular complexity index is 757. The van der Waals surface area contributed by atoms with E-state index in [1.807, 2.05) is 56.3 Å². The van der Waals surface area contributed by atoms with Gasteiger partial charge in [-0.2, -0.15) is 5.10 Å². The normalized spacial score (nSPS) is 10.6. The highest BCUT2D eigenvalue weighted by molar-refractivity contribution is 5.83. The molecular formula is C21H26N2O4. The molecule has 0 unspecified atom stereocenters. The summed E-state index contributed by atoms with van der Waals surface area (Å²) in [5.74, 6) is 1.65. The fraction of sp³-hybridized carbons (Fsp3) is 0.333. The van der Waals surface area contributed by atoms with E-state index in [1.165, 1.54) is 5.56 Å². The Balaban J connectivity index is 1.86. The van der Waals surface area contributed by atoms with Crippen molar-refractivity contribution < 1.29 is 19.0 Å². The average Bonchev–Trinajstić information content (AvgIpc) is 2.69. The van der Waals surface area contributed by atoms with Gasteiger partial charge in [-0.05, 0) is 61.7 Å². The topological polar surface area (TPSA) is 69.2 Å². The molecule has 2 rings (SSSR count). The van der Waals surface area contributed by atoms with Crippen LogP contribution in [0.5, 0.6) is 17.2 Å². The van der Waals surface area contributed by atoms with Crippen LogP contribution >= 0.6 is 0 Å². The number of hydrogen-bond acceptors (Lipinski definition) is 5. The molecule has 144 valence electrons. The Hall–Kier alpha value is -3.02. The van der Waals surface area contributed by atoms with Gasteiger partial charge >= 0.3 is 0 Å². The maximum Gasteiger partial charge on any atom is 0.277 e. The largest absolute Gasteiger partial charge is 0.490 e. The van der Waals surface area contributed by atoms with Crippen molar-refractivity contribution in [3.05, 3.63) is 53.6 Å². The fourth-order valence-electron chi connectivity index (χ4n) is 2.33. The maximum absolute atomic E-state index is 11.8. The lowest BCUT2D eigenvalue weighted by atomic mass is 10.2. The zero-order chi connectivity index (χ0) is 19.5. The molecular weight excluding hydrogens is 344 g/mol. The first-order valence-electron chi connectivity index (χ1n) is 9.09. The van der Waals surface area contributed by atoms with Gasteiger partial charge in [0.2, 0.25) is 0 Å². The highest BCUT2D eigenvalue weighted by Crippen LogP contribution is 2.27. The molecule has 0 aliphatic rings. The molecule has 27 heavy (non-hydrogen) atoms. The third-order valence-electron chi connectivity index (χ3n) is 3.67. The SMILES string of the molecule is CCOc1ccc(/C=N/NC(=O)COc2ccc(CC)cc2)cc1OCC. The number of carbonyl (C=O) groups excluding carboxylic acids is 1. The van der Waals surface area contributed by atoms with Crippen molar-refractivity contribution in [2.75, 3.05) is 19.8 Å².